The van der Waals surface area contributed by atoms with Crippen molar-refractivity contribution in [2.75, 3.05) is 0 Å². The Hall–Kier alpha value is -3.99. The highest BCUT2D eigenvalue weighted by Gasteiger charge is 2.29. The first-order valence-corrected chi connectivity index (χ1v) is 14.5. The lowest BCUT2D eigenvalue weighted by Gasteiger charge is -2.09. The number of hydrogen-bond donors (Lipinski definition) is 2. The number of aliphatic imine (C=N–C) groups is 1. The number of benzene rings is 3. The fraction of sp³-hybridized carbons (Fsp3) is 0.343. The number of fused-ring (bicyclic) bond motifs is 1. The first-order valence-electron chi connectivity index (χ1n) is 14.5. The van der Waals surface area contributed by atoms with Gasteiger partial charge in [-0.15, -0.1) is 0 Å². The van der Waals surface area contributed by atoms with Crippen molar-refractivity contribution >= 4 is 34.1 Å². The molecular formula is C35H39N3O2. The van der Waals surface area contributed by atoms with Crippen LogP contribution in [0.4, 0.5) is 5.69 Å². The van der Waals surface area contributed by atoms with E-state index >= 15 is 0 Å². The minimum absolute atomic E-state index is 0.0667. The van der Waals surface area contributed by atoms with Crippen LogP contribution in [0.1, 0.15) is 85.8 Å². The third kappa shape index (κ3) is 6.59. The van der Waals surface area contributed by atoms with Gasteiger partial charge in [-0.2, -0.15) is 0 Å². The second kappa shape index (κ2) is 12.0. The Morgan fingerprint density at radius 3 is 2.40 bits per heavy atom. The number of carbonyl (C=O) groups is 2. The molecule has 0 atom stereocenters. The van der Waals surface area contributed by atoms with Crippen LogP contribution >= 0.6 is 0 Å². The molecule has 40 heavy (non-hydrogen) atoms. The zero-order valence-electron chi connectivity index (χ0n) is 24.0. The van der Waals surface area contributed by atoms with E-state index in [4.69, 9.17) is 0 Å². The summed E-state index contributed by atoms with van der Waals surface area (Å²) >= 11 is 0. The topological polar surface area (TPSA) is 74.3 Å². The van der Waals surface area contributed by atoms with Gasteiger partial charge < -0.3 is 10.3 Å². The number of aryl methyl sites for hydroxylation is 2. The molecule has 2 N–H and O–H groups in total. The average Bonchev–Trinajstić information content (AvgIpc) is 3.71. The molecule has 206 valence electrons. The molecule has 5 heteroatoms. The number of ketones is 1. The van der Waals surface area contributed by atoms with Crippen molar-refractivity contribution in [3.8, 4) is 11.1 Å². The molecule has 0 saturated heterocycles. The zero-order chi connectivity index (χ0) is 28.2. The molecule has 1 aliphatic rings. The standard InChI is InChI=1S/C35H39N3O2/c1-22(2)26-11-9-25(10-12-26)7-5-6-8-34(39)31-21-36-33-18-16-29(20-30(31)33)28-15-17-32(23(3)19-28)37-24(4)38-35(40)27-13-14-27/h9-12,15-22,27,36H,5-8,13-14H2,1-4H3,(H,37,38,40). The maximum absolute atomic E-state index is 13.2. The Morgan fingerprint density at radius 2 is 1.70 bits per heavy atom. The number of unbranched alkanes of at least 4 members (excludes halogenated alkanes) is 1. The Labute approximate surface area is 237 Å². The van der Waals surface area contributed by atoms with Crippen LogP contribution in [-0.4, -0.2) is 22.5 Å². The highest BCUT2D eigenvalue weighted by atomic mass is 16.2. The molecule has 1 heterocycles. The van der Waals surface area contributed by atoms with Gasteiger partial charge in [0.1, 0.15) is 5.84 Å². The third-order valence-electron chi connectivity index (χ3n) is 7.82. The summed E-state index contributed by atoms with van der Waals surface area (Å²) in [6.07, 6.45) is 7.21. The van der Waals surface area contributed by atoms with E-state index in [-0.39, 0.29) is 17.6 Å². The van der Waals surface area contributed by atoms with Gasteiger partial charge >= 0.3 is 0 Å². The fourth-order valence-electron chi connectivity index (χ4n) is 5.14. The summed E-state index contributed by atoms with van der Waals surface area (Å²) in [7, 11) is 0. The predicted octanol–water partition coefficient (Wildman–Crippen LogP) is 8.44. The summed E-state index contributed by atoms with van der Waals surface area (Å²) in [5, 5.41) is 3.87. The van der Waals surface area contributed by atoms with Gasteiger partial charge in [-0.25, -0.2) is 4.99 Å². The monoisotopic (exact) mass is 533 g/mol. The zero-order valence-corrected chi connectivity index (χ0v) is 24.0. The maximum Gasteiger partial charge on any atom is 0.228 e. The lowest BCUT2D eigenvalue weighted by atomic mass is 9.97. The Kier molecular flexibility index (Phi) is 8.29. The molecule has 0 spiro atoms. The maximum atomic E-state index is 13.2. The molecule has 1 amide bonds. The van der Waals surface area contributed by atoms with E-state index in [1.165, 1.54) is 11.1 Å². The second-order valence-corrected chi connectivity index (χ2v) is 11.5. The van der Waals surface area contributed by atoms with Crippen LogP contribution < -0.4 is 5.32 Å². The van der Waals surface area contributed by atoms with Crippen LogP contribution in [-0.2, 0) is 11.2 Å². The number of H-pyrrole nitrogens is 1. The van der Waals surface area contributed by atoms with Crippen molar-refractivity contribution in [1.29, 1.82) is 0 Å². The van der Waals surface area contributed by atoms with Crippen molar-refractivity contribution in [3.05, 3.63) is 89.1 Å². The van der Waals surface area contributed by atoms with E-state index in [1.54, 1.807) is 0 Å². The van der Waals surface area contributed by atoms with E-state index in [2.05, 4.69) is 71.6 Å². The number of carbonyl (C=O) groups excluding carboxylic acids is 2. The summed E-state index contributed by atoms with van der Waals surface area (Å²) in [6.45, 7) is 8.28. The molecule has 0 aliphatic heterocycles. The lowest BCUT2D eigenvalue weighted by molar-refractivity contribution is -0.120. The SMILES string of the molecule is CC(=Nc1ccc(-c2ccc3[nH]cc(C(=O)CCCCc4ccc(C(C)C)cc4)c3c2)cc1C)NC(=O)C1CC1. The second-order valence-electron chi connectivity index (χ2n) is 11.5. The predicted molar refractivity (Wildman–Crippen MR) is 165 cm³/mol. The van der Waals surface area contributed by atoms with E-state index in [0.29, 0.717) is 18.2 Å². The normalized spacial score (nSPS) is 13.7. The summed E-state index contributed by atoms with van der Waals surface area (Å²) in [4.78, 5) is 33.1. The molecule has 5 nitrogen and oxygen atoms in total. The first-order chi connectivity index (χ1) is 19.3. The van der Waals surface area contributed by atoms with E-state index in [9.17, 15) is 9.59 Å². The molecule has 4 aromatic rings. The van der Waals surface area contributed by atoms with Crippen LogP contribution in [0.5, 0.6) is 0 Å². The minimum Gasteiger partial charge on any atom is -0.360 e. The van der Waals surface area contributed by atoms with Gasteiger partial charge in [0.2, 0.25) is 5.91 Å². The average molecular weight is 534 g/mol. The lowest BCUT2D eigenvalue weighted by Crippen LogP contribution is -2.29. The number of aromatic nitrogens is 1. The molecule has 5 rings (SSSR count). The molecule has 0 bridgehead atoms. The first kappa shape index (κ1) is 27.6. The number of aromatic amines is 1. The Bertz CT molecular complexity index is 1560. The van der Waals surface area contributed by atoms with Gasteiger partial charge in [-0.3, -0.25) is 9.59 Å². The highest BCUT2D eigenvalue weighted by Crippen LogP contribution is 2.31. The van der Waals surface area contributed by atoms with E-state index in [0.717, 1.165) is 70.9 Å². The van der Waals surface area contributed by atoms with Crippen molar-refractivity contribution in [3.63, 3.8) is 0 Å². The van der Waals surface area contributed by atoms with Gasteiger partial charge in [0.15, 0.2) is 5.78 Å². The van der Waals surface area contributed by atoms with Gasteiger partial charge in [0.25, 0.3) is 0 Å². The number of amidine groups is 1. The van der Waals surface area contributed by atoms with Crippen LogP contribution in [0.25, 0.3) is 22.0 Å². The van der Waals surface area contributed by atoms with Crippen LogP contribution in [0.3, 0.4) is 0 Å². The van der Waals surface area contributed by atoms with Crippen molar-refractivity contribution in [2.24, 2.45) is 10.9 Å². The highest BCUT2D eigenvalue weighted by molar-refractivity contribution is 6.08. The smallest absolute Gasteiger partial charge is 0.228 e. The summed E-state index contributed by atoms with van der Waals surface area (Å²) in [5.41, 5.74) is 8.42. The number of nitrogens with zero attached hydrogens (tertiary/aromatic N) is 1. The van der Waals surface area contributed by atoms with Gasteiger partial charge in [0.05, 0.1) is 5.69 Å². The van der Waals surface area contributed by atoms with Crippen LogP contribution in [0.15, 0.2) is 71.9 Å². The summed E-state index contributed by atoms with van der Waals surface area (Å²) in [5.74, 6) is 1.57. The molecule has 1 aliphatic carbocycles. The van der Waals surface area contributed by atoms with Crippen LogP contribution in [0, 0.1) is 12.8 Å². The molecule has 3 aromatic carbocycles. The third-order valence-corrected chi connectivity index (χ3v) is 7.82. The Morgan fingerprint density at radius 1 is 0.975 bits per heavy atom. The van der Waals surface area contributed by atoms with Crippen molar-refractivity contribution in [2.45, 2.75) is 72.1 Å². The van der Waals surface area contributed by atoms with E-state index in [1.807, 2.05) is 38.2 Å². The van der Waals surface area contributed by atoms with Crippen LogP contribution in [0.2, 0.25) is 0 Å². The quantitative estimate of drug-likeness (QED) is 0.0929. The molecule has 0 radical (unpaired) electrons. The summed E-state index contributed by atoms with van der Waals surface area (Å²) in [6, 6.07) is 21.2. The molecule has 1 fully saturated rings. The van der Waals surface area contributed by atoms with Gasteiger partial charge in [0, 0.05) is 35.0 Å². The number of Topliss-reactive ketones (excluding diaryl/α,β-unsaturated/α-hetero) is 1. The summed E-state index contributed by atoms with van der Waals surface area (Å²) < 4.78 is 0. The molecule has 0 unspecified atom stereocenters. The molecule has 1 aromatic heterocycles. The fourth-order valence-corrected chi connectivity index (χ4v) is 5.14. The minimum atomic E-state index is 0.0667. The van der Waals surface area contributed by atoms with Gasteiger partial charge in [-0.05, 0) is 104 Å². The van der Waals surface area contributed by atoms with Gasteiger partial charge in [-0.1, -0.05) is 50.2 Å². The number of nitrogens with one attached hydrogen (secondary N) is 2. The number of rotatable bonds is 10. The van der Waals surface area contributed by atoms with Crippen molar-refractivity contribution < 1.29 is 9.59 Å². The molecular weight excluding hydrogens is 494 g/mol. The Balaban J connectivity index is 1.23. The van der Waals surface area contributed by atoms with E-state index < -0.39 is 0 Å². The largest absolute Gasteiger partial charge is 0.360 e. The number of amides is 1. The number of hydrogen-bond acceptors (Lipinski definition) is 3. The van der Waals surface area contributed by atoms with Crippen molar-refractivity contribution in [1.82, 2.24) is 10.3 Å². The molecule has 1 saturated carbocycles.